The molecule has 0 bridgehead atoms. The third-order valence-corrected chi connectivity index (χ3v) is 3.08. The van der Waals surface area contributed by atoms with Gasteiger partial charge in [-0.3, -0.25) is 4.79 Å². The number of carbonyl (C=O) groups excluding carboxylic acids is 1. The van der Waals surface area contributed by atoms with E-state index in [9.17, 15) is 4.79 Å². The minimum Gasteiger partial charge on any atom is -0.392 e. The van der Waals surface area contributed by atoms with E-state index in [1.54, 1.807) is 0 Å². The summed E-state index contributed by atoms with van der Waals surface area (Å²) in [4.78, 5) is 12.0. The zero-order valence-corrected chi connectivity index (χ0v) is 11.1. The van der Waals surface area contributed by atoms with E-state index in [0.717, 1.165) is 16.7 Å². The maximum atomic E-state index is 12.0. The fraction of sp³-hybridized carbons (Fsp3) is 0.188. The fourth-order valence-electron chi connectivity index (χ4n) is 1.95. The lowest BCUT2D eigenvalue weighted by atomic mass is 10.1. The van der Waals surface area contributed by atoms with Crippen molar-refractivity contribution in [1.82, 2.24) is 5.32 Å². The van der Waals surface area contributed by atoms with Gasteiger partial charge >= 0.3 is 0 Å². The maximum Gasteiger partial charge on any atom is 0.241 e. The first kappa shape index (κ1) is 14.2. The highest BCUT2D eigenvalue weighted by Crippen LogP contribution is 2.10. The highest BCUT2D eigenvalue weighted by atomic mass is 16.3. The van der Waals surface area contributed by atoms with Crippen LogP contribution >= 0.6 is 0 Å². The Hall–Kier alpha value is -2.17. The van der Waals surface area contributed by atoms with Gasteiger partial charge in [-0.05, 0) is 16.7 Å². The second-order valence-electron chi connectivity index (χ2n) is 4.58. The molecule has 4 nitrogen and oxygen atoms in total. The number of benzene rings is 2. The molecule has 0 fully saturated rings. The van der Waals surface area contributed by atoms with Gasteiger partial charge in [-0.25, -0.2) is 0 Å². The monoisotopic (exact) mass is 270 g/mol. The second kappa shape index (κ2) is 6.84. The second-order valence-corrected chi connectivity index (χ2v) is 4.58. The van der Waals surface area contributed by atoms with E-state index in [4.69, 9.17) is 10.8 Å². The fourth-order valence-corrected chi connectivity index (χ4v) is 1.95. The summed E-state index contributed by atoms with van der Waals surface area (Å²) in [6, 6.07) is 16.0. The van der Waals surface area contributed by atoms with E-state index in [2.05, 4.69) is 5.32 Å². The number of nitrogens with one attached hydrogen (secondary N) is 1. The number of amides is 1. The minimum atomic E-state index is -0.669. The Kier molecular flexibility index (Phi) is 4.87. The van der Waals surface area contributed by atoms with Gasteiger partial charge in [-0.15, -0.1) is 0 Å². The first-order valence-corrected chi connectivity index (χ1v) is 6.47. The van der Waals surface area contributed by atoms with E-state index < -0.39 is 6.04 Å². The SMILES string of the molecule is NC(C(=O)NCc1cccc(CO)c1)c1ccccc1. The molecule has 0 saturated carbocycles. The zero-order valence-electron chi connectivity index (χ0n) is 11.1. The molecule has 4 heteroatoms. The lowest BCUT2D eigenvalue weighted by molar-refractivity contribution is -0.122. The quantitative estimate of drug-likeness (QED) is 0.770. The highest BCUT2D eigenvalue weighted by Gasteiger charge is 2.14. The van der Waals surface area contributed by atoms with E-state index in [1.807, 2.05) is 54.6 Å². The molecule has 4 N–H and O–H groups in total. The Morgan fingerprint density at radius 2 is 1.80 bits per heavy atom. The van der Waals surface area contributed by atoms with Crippen molar-refractivity contribution in [2.24, 2.45) is 5.73 Å². The van der Waals surface area contributed by atoms with Crippen LogP contribution < -0.4 is 11.1 Å². The molecule has 0 saturated heterocycles. The molecule has 2 aromatic rings. The molecule has 2 rings (SSSR count). The van der Waals surface area contributed by atoms with E-state index >= 15 is 0 Å². The number of aliphatic hydroxyl groups is 1. The van der Waals surface area contributed by atoms with Crippen LogP contribution in [0.3, 0.4) is 0 Å². The standard InChI is InChI=1S/C16H18N2O2/c17-15(14-7-2-1-3-8-14)16(20)18-10-12-5-4-6-13(9-12)11-19/h1-9,15,19H,10-11,17H2,(H,18,20). The van der Waals surface area contributed by atoms with Crippen molar-refractivity contribution >= 4 is 5.91 Å². The summed E-state index contributed by atoms with van der Waals surface area (Å²) < 4.78 is 0. The molecule has 0 spiro atoms. The summed E-state index contributed by atoms with van der Waals surface area (Å²) in [5.41, 5.74) is 8.45. The summed E-state index contributed by atoms with van der Waals surface area (Å²) in [6.45, 7) is 0.387. The number of carbonyl (C=O) groups is 1. The van der Waals surface area contributed by atoms with Gasteiger partial charge in [0.05, 0.1) is 6.61 Å². The Bertz CT molecular complexity index is 570. The molecule has 1 amide bonds. The van der Waals surface area contributed by atoms with Gasteiger partial charge in [-0.1, -0.05) is 54.6 Å². The summed E-state index contributed by atoms with van der Waals surface area (Å²) in [5.74, 6) is -0.217. The molecule has 0 aliphatic carbocycles. The number of nitrogens with two attached hydrogens (primary N) is 1. The number of hydrogen-bond donors (Lipinski definition) is 3. The third-order valence-electron chi connectivity index (χ3n) is 3.08. The minimum absolute atomic E-state index is 0.00862. The van der Waals surface area contributed by atoms with Crippen molar-refractivity contribution < 1.29 is 9.90 Å². The van der Waals surface area contributed by atoms with Crippen molar-refractivity contribution in [1.29, 1.82) is 0 Å². The lowest BCUT2D eigenvalue weighted by Gasteiger charge is -2.12. The smallest absolute Gasteiger partial charge is 0.241 e. The molecule has 0 aliphatic rings. The molecule has 0 heterocycles. The molecule has 2 aromatic carbocycles. The van der Waals surface area contributed by atoms with Crippen LogP contribution in [0.5, 0.6) is 0 Å². The molecular weight excluding hydrogens is 252 g/mol. The average Bonchev–Trinajstić information content (AvgIpc) is 2.53. The molecule has 1 atom stereocenters. The summed E-state index contributed by atoms with van der Waals surface area (Å²) in [7, 11) is 0. The van der Waals surface area contributed by atoms with Gasteiger partial charge in [0.2, 0.25) is 5.91 Å². The summed E-state index contributed by atoms with van der Waals surface area (Å²) in [6.07, 6.45) is 0. The van der Waals surface area contributed by atoms with Crippen LogP contribution in [-0.2, 0) is 17.9 Å². The van der Waals surface area contributed by atoms with Gasteiger partial charge in [0.25, 0.3) is 0 Å². The normalized spacial score (nSPS) is 11.9. The highest BCUT2D eigenvalue weighted by molar-refractivity contribution is 5.82. The van der Waals surface area contributed by atoms with Gasteiger partial charge < -0.3 is 16.2 Å². The Balaban J connectivity index is 1.95. The van der Waals surface area contributed by atoms with Crippen LogP contribution in [0.1, 0.15) is 22.7 Å². The van der Waals surface area contributed by atoms with Gasteiger partial charge in [0.1, 0.15) is 6.04 Å². The van der Waals surface area contributed by atoms with Crippen molar-refractivity contribution in [3.8, 4) is 0 Å². The van der Waals surface area contributed by atoms with Crippen molar-refractivity contribution in [2.75, 3.05) is 0 Å². The summed E-state index contributed by atoms with van der Waals surface area (Å²) >= 11 is 0. The Morgan fingerprint density at radius 1 is 1.10 bits per heavy atom. The topological polar surface area (TPSA) is 75.4 Å². The van der Waals surface area contributed by atoms with Crippen LogP contribution in [0.25, 0.3) is 0 Å². The first-order chi connectivity index (χ1) is 9.70. The van der Waals surface area contributed by atoms with Crippen molar-refractivity contribution in [2.45, 2.75) is 19.2 Å². The molecule has 0 aromatic heterocycles. The van der Waals surface area contributed by atoms with Gasteiger partial charge in [0, 0.05) is 6.54 Å². The van der Waals surface area contributed by atoms with Crippen molar-refractivity contribution in [3.05, 3.63) is 71.3 Å². The lowest BCUT2D eigenvalue weighted by Crippen LogP contribution is -2.33. The van der Waals surface area contributed by atoms with Gasteiger partial charge in [-0.2, -0.15) is 0 Å². The zero-order chi connectivity index (χ0) is 14.4. The number of hydrogen-bond acceptors (Lipinski definition) is 3. The predicted molar refractivity (Wildman–Crippen MR) is 77.6 cm³/mol. The molecule has 104 valence electrons. The number of rotatable bonds is 5. The predicted octanol–water partition coefficient (Wildman–Crippen LogP) is 1.50. The molecular formula is C16H18N2O2. The third kappa shape index (κ3) is 3.66. The maximum absolute atomic E-state index is 12.0. The van der Waals surface area contributed by atoms with Crippen LogP contribution in [0.2, 0.25) is 0 Å². The van der Waals surface area contributed by atoms with Crippen LogP contribution in [0, 0.1) is 0 Å². The molecule has 1 unspecified atom stereocenters. The molecule has 0 radical (unpaired) electrons. The molecule has 20 heavy (non-hydrogen) atoms. The first-order valence-electron chi connectivity index (χ1n) is 6.47. The number of aliphatic hydroxyl groups excluding tert-OH is 1. The largest absolute Gasteiger partial charge is 0.392 e. The molecule has 0 aliphatic heterocycles. The Morgan fingerprint density at radius 3 is 2.50 bits per heavy atom. The van der Waals surface area contributed by atoms with E-state index in [-0.39, 0.29) is 12.5 Å². The van der Waals surface area contributed by atoms with Crippen LogP contribution in [-0.4, -0.2) is 11.0 Å². The summed E-state index contributed by atoms with van der Waals surface area (Å²) in [5, 5.41) is 11.9. The van der Waals surface area contributed by atoms with Crippen molar-refractivity contribution in [3.63, 3.8) is 0 Å². The van der Waals surface area contributed by atoms with E-state index in [0.29, 0.717) is 6.54 Å². The van der Waals surface area contributed by atoms with Crippen LogP contribution in [0.15, 0.2) is 54.6 Å². The van der Waals surface area contributed by atoms with Gasteiger partial charge in [0.15, 0.2) is 0 Å². The average molecular weight is 270 g/mol. The Labute approximate surface area is 118 Å². The van der Waals surface area contributed by atoms with E-state index in [1.165, 1.54) is 0 Å². The van der Waals surface area contributed by atoms with Crippen LogP contribution in [0.4, 0.5) is 0 Å².